The van der Waals surface area contributed by atoms with Crippen LogP contribution in [0.4, 0.5) is 0 Å². The molecule has 1 saturated heterocycles. The Morgan fingerprint density at radius 3 is 2.19 bits per heavy atom. The number of nitrogens with zero attached hydrogens (tertiary/aromatic N) is 2. The van der Waals surface area contributed by atoms with E-state index in [9.17, 15) is 23.2 Å². The Kier molecular flexibility index (Phi) is 7.58. The number of hydrogen-bond donors (Lipinski definition) is 2. The molecule has 1 aliphatic rings. The van der Waals surface area contributed by atoms with Crippen LogP contribution in [0.5, 0.6) is 11.5 Å². The predicted molar refractivity (Wildman–Crippen MR) is 132 cm³/mol. The topological polar surface area (TPSA) is 126 Å². The molecule has 0 unspecified atom stereocenters. The van der Waals surface area contributed by atoms with Crippen LogP contribution in [-0.4, -0.2) is 54.2 Å². The van der Waals surface area contributed by atoms with E-state index in [2.05, 4.69) is 4.98 Å². The fraction of sp³-hybridized carbons (Fsp3) is 0.240. The predicted octanol–water partition coefficient (Wildman–Crippen LogP) is 3.73. The lowest BCUT2D eigenvalue weighted by Crippen LogP contribution is -2.52. The molecule has 1 fully saturated rings. The second-order valence-electron chi connectivity index (χ2n) is 8.54. The molecule has 36 heavy (non-hydrogen) atoms. The maximum absolute atomic E-state index is 13.3. The number of carbonyl (C=O) groups is 2. The molecule has 11 heteroatoms. The number of carbonyl (C=O) groups excluding carboxylic acids is 2. The molecular weight excluding hydrogens is 506 g/mol. The Labute approximate surface area is 213 Å². The van der Waals surface area contributed by atoms with Crippen molar-refractivity contribution in [2.24, 2.45) is 5.41 Å². The first-order valence-corrected chi connectivity index (χ1v) is 13.2. The van der Waals surface area contributed by atoms with E-state index in [-0.39, 0.29) is 36.7 Å². The van der Waals surface area contributed by atoms with E-state index >= 15 is 0 Å². The van der Waals surface area contributed by atoms with Crippen LogP contribution in [-0.2, 0) is 14.6 Å². The summed E-state index contributed by atoms with van der Waals surface area (Å²) in [6.45, 7) is 0.315. The summed E-state index contributed by atoms with van der Waals surface area (Å²) in [7, 11) is -3.92. The lowest BCUT2D eigenvalue weighted by Gasteiger charge is -2.39. The number of amides is 2. The molecule has 0 saturated carbocycles. The molecule has 2 aromatic carbocycles. The van der Waals surface area contributed by atoms with Gasteiger partial charge in [0.25, 0.3) is 11.8 Å². The molecule has 0 spiro atoms. The number of ether oxygens (including phenoxy) is 1. The minimum Gasteiger partial charge on any atom is -0.457 e. The van der Waals surface area contributed by atoms with Crippen molar-refractivity contribution in [2.75, 3.05) is 18.8 Å². The quantitative estimate of drug-likeness (QED) is 0.353. The number of nitrogens with one attached hydrogen (secondary N) is 1. The minimum atomic E-state index is -3.92. The maximum atomic E-state index is 13.3. The van der Waals surface area contributed by atoms with Crippen molar-refractivity contribution < 1.29 is 28.0 Å². The van der Waals surface area contributed by atoms with E-state index in [4.69, 9.17) is 16.3 Å². The molecule has 0 atom stereocenters. The second-order valence-corrected chi connectivity index (χ2v) is 11.0. The largest absolute Gasteiger partial charge is 0.457 e. The third-order valence-electron chi connectivity index (χ3n) is 6.20. The van der Waals surface area contributed by atoms with Crippen LogP contribution in [0, 0.1) is 5.41 Å². The molecule has 0 aliphatic carbocycles. The smallest absolute Gasteiger partial charge is 0.255 e. The first-order valence-electron chi connectivity index (χ1n) is 11.1. The summed E-state index contributed by atoms with van der Waals surface area (Å²) in [6, 6.07) is 15.9. The number of aromatic nitrogens is 1. The lowest BCUT2D eigenvalue weighted by molar-refractivity contribution is -0.141. The highest BCUT2D eigenvalue weighted by Gasteiger charge is 2.46. The molecule has 9 nitrogen and oxygen atoms in total. The Balaban J connectivity index is 1.47. The summed E-state index contributed by atoms with van der Waals surface area (Å²) in [5.74, 6) is -0.580. The summed E-state index contributed by atoms with van der Waals surface area (Å²) in [5.41, 5.74) is 0.636. The Bertz CT molecular complexity index is 1320. The molecule has 2 heterocycles. The molecule has 3 aromatic rings. The SMILES string of the molecule is O=C(c1cccnc1)N1CCC(CS(=O)(=O)c2ccc(Oc3ccc(Cl)cc3)cc2)(C(=O)NO)CC1. The molecular formula is C25H24ClN3O6S. The van der Waals surface area contributed by atoms with Gasteiger partial charge >= 0.3 is 0 Å². The van der Waals surface area contributed by atoms with Crippen molar-refractivity contribution in [1.82, 2.24) is 15.4 Å². The number of benzene rings is 2. The summed E-state index contributed by atoms with van der Waals surface area (Å²) < 4.78 is 32.2. The van der Waals surface area contributed by atoms with Gasteiger partial charge in [0, 0.05) is 30.5 Å². The average Bonchev–Trinajstić information content (AvgIpc) is 2.90. The van der Waals surface area contributed by atoms with Crippen LogP contribution in [0.15, 0.2) is 78.0 Å². The third kappa shape index (κ3) is 5.67. The highest BCUT2D eigenvalue weighted by molar-refractivity contribution is 7.91. The lowest BCUT2D eigenvalue weighted by atomic mass is 9.79. The Morgan fingerprint density at radius 2 is 1.64 bits per heavy atom. The Morgan fingerprint density at radius 1 is 1.03 bits per heavy atom. The minimum absolute atomic E-state index is 0.0185. The number of pyridine rings is 1. The van der Waals surface area contributed by atoms with Crippen molar-refractivity contribution in [3.8, 4) is 11.5 Å². The second kappa shape index (κ2) is 10.7. The highest BCUT2D eigenvalue weighted by Crippen LogP contribution is 2.36. The molecule has 1 aliphatic heterocycles. The summed E-state index contributed by atoms with van der Waals surface area (Å²) in [5, 5.41) is 9.93. The summed E-state index contributed by atoms with van der Waals surface area (Å²) in [6.07, 6.45) is 3.16. The van der Waals surface area contributed by atoms with Gasteiger partial charge in [-0.3, -0.25) is 19.8 Å². The van der Waals surface area contributed by atoms with Gasteiger partial charge in [-0.25, -0.2) is 13.9 Å². The number of piperidine rings is 1. The molecule has 1 aromatic heterocycles. The van der Waals surface area contributed by atoms with E-state index in [0.717, 1.165) is 0 Å². The molecule has 188 valence electrons. The van der Waals surface area contributed by atoms with Crippen LogP contribution in [0.25, 0.3) is 0 Å². The fourth-order valence-electron chi connectivity index (χ4n) is 4.17. The van der Waals surface area contributed by atoms with Gasteiger partial charge < -0.3 is 9.64 Å². The number of hydrogen-bond acceptors (Lipinski definition) is 7. The molecule has 2 N–H and O–H groups in total. The zero-order chi connectivity index (χ0) is 25.8. The fourth-order valence-corrected chi connectivity index (χ4v) is 6.16. The normalized spacial score (nSPS) is 15.2. The highest BCUT2D eigenvalue weighted by atomic mass is 35.5. The van der Waals surface area contributed by atoms with Gasteiger partial charge in [-0.2, -0.15) is 0 Å². The van der Waals surface area contributed by atoms with Crippen LogP contribution in [0.1, 0.15) is 23.2 Å². The van der Waals surface area contributed by atoms with Gasteiger partial charge in [0.2, 0.25) is 0 Å². The standard InChI is InChI=1S/C25H24ClN3O6S/c26-19-3-5-20(6-4-19)35-21-7-9-22(10-8-21)36(33,34)17-25(24(31)28-32)11-14-29(15-12-25)23(30)18-2-1-13-27-16-18/h1-10,13,16,32H,11-12,14-15,17H2,(H,28,31). The maximum Gasteiger partial charge on any atom is 0.255 e. The van der Waals surface area contributed by atoms with E-state index < -0.39 is 26.9 Å². The molecule has 0 radical (unpaired) electrons. The van der Waals surface area contributed by atoms with Gasteiger partial charge in [-0.05, 0) is 73.5 Å². The van der Waals surface area contributed by atoms with Gasteiger partial charge in [0.05, 0.1) is 21.6 Å². The van der Waals surface area contributed by atoms with Crippen molar-refractivity contribution >= 4 is 33.3 Å². The van der Waals surface area contributed by atoms with Crippen LogP contribution in [0.2, 0.25) is 5.02 Å². The van der Waals surface area contributed by atoms with Crippen LogP contribution < -0.4 is 10.2 Å². The van der Waals surface area contributed by atoms with Crippen molar-refractivity contribution in [1.29, 1.82) is 0 Å². The van der Waals surface area contributed by atoms with Gasteiger partial charge in [0.15, 0.2) is 9.84 Å². The molecule has 4 rings (SSSR count). The van der Waals surface area contributed by atoms with Gasteiger partial charge in [-0.1, -0.05) is 11.6 Å². The number of halogens is 1. The van der Waals surface area contributed by atoms with Gasteiger partial charge in [0.1, 0.15) is 11.5 Å². The Hall–Kier alpha value is -3.47. The first-order chi connectivity index (χ1) is 17.2. The van der Waals surface area contributed by atoms with E-state index in [0.29, 0.717) is 22.1 Å². The van der Waals surface area contributed by atoms with E-state index in [1.165, 1.54) is 30.5 Å². The molecule has 0 bridgehead atoms. The van der Waals surface area contributed by atoms with Crippen LogP contribution >= 0.6 is 11.6 Å². The van der Waals surface area contributed by atoms with Crippen molar-refractivity contribution in [3.05, 3.63) is 83.6 Å². The monoisotopic (exact) mass is 529 g/mol. The van der Waals surface area contributed by atoms with Gasteiger partial charge in [-0.15, -0.1) is 0 Å². The molecule has 2 amide bonds. The summed E-state index contributed by atoms with van der Waals surface area (Å²) in [4.78, 5) is 30.9. The van der Waals surface area contributed by atoms with Crippen molar-refractivity contribution in [3.63, 3.8) is 0 Å². The first kappa shape index (κ1) is 25.6. The number of sulfone groups is 1. The number of rotatable bonds is 7. The van der Waals surface area contributed by atoms with E-state index in [1.54, 1.807) is 53.0 Å². The zero-order valence-corrected chi connectivity index (χ0v) is 20.7. The van der Waals surface area contributed by atoms with Crippen LogP contribution in [0.3, 0.4) is 0 Å². The number of hydroxylamine groups is 1. The zero-order valence-electron chi connectivity index (χ0n) is 19.1. The van der Waals surface area contributed by atoms with Crippen molar-refractivity contribution in [2.45, 2.75) is 17.7 Å². The van der Waals surface area contributed by atoms with E-state index in [1.807, 2.05) is 0 Å². The number of likely N-dealkylation sites (tertiary alicyclic amines) is 1. The third-order valence-corrected chi connectivity index (χ3v) is 8.37. The summed E-state index contributed by atoms with van der Waals surface area (Å²) >= 11 is 5.87. The average molecular weight is 530 g/mol.